The summed E-state index contributed by atoms with van der Waals surface area (Å²) in [5.74, 6) is -1.43. The molecule has 0 saturated heterocycles. The van der Waals surface area contributed by atoms with E-state index in [-0.39, 0.29) is 25.7 Å². The minimum absolute atomic E-state index is 0.0411. The number of benzene rings is 1. The lowest BCUT2D eigenvalue weighted by molar-refractivity contribution is -0.142. The predicted molar refractivity (Wildman–Crippen MR) is 72.8 cm³/mol. The van der Waals surface area contributed by atoms with Crippen LogP contribution in [-0.4, -0.2) is 46.2 Å². The van der Waals surface area contributed by atoms with Gasteiger partial charge in [-0.2, -0.15) is 0 Å². The lowest BCUT2D eigenvalue weighted by Gasteiger charge is -2.18. The molecule has 0 aromatic heterocycles. The molecule has 1 aromatic carbocycles. The van der Waals surface area contributed by atoms with Gasteiger partial charge in [-0.3, -0.25) is 14.5 Å². The molecule has 0 unspecified atom stereocenters. The van der Waals surface area contributed by atoms with E-state index in [0.717, 1.165) is 5.56 Å². The second-order valence-electron chi connectivity index (χ2n) is 4.75. The number of rotatable bonds is 8. The topological polar surface area (TPSA) is 87.1 Å². The first-order valence-electron chi connectivity index (χ1n) is 6.28. The van der Waals surface area contributed by atoms with Crippen molar-refractivity contribution in [3.05, 3.63) is 29.8 Å². The van der Waals surface area contributed by atoms with Crippen molar-refractivity contribution in [1.29, 1.82) is 0 Å². The van der Waals surface area contributed by atoms with Crippen molar-refractivity contribution < 1.29 is 24.5 Å². The highest BCUT2D eigenvalue weighted by Crippen LogP contribution is 2.16. The number of carboxylic acids is 2. The Morgan fingerprint density at radius 2 is 1.80 bits per heavy atom. The van der Waals surface area contributed by atoms with Crippen molar-refractivity contribution >= 4 is 11.9 Å². The Bertz CT molecular complexity index is 456. The van der Waals surface area contributed by atoms with Crippen LogP contribution < -0.4 is 4.74 Å². The van der Waals surface area contributed by atoms with E-state index < -0.39 is 11.9 Å². The molecular weight excluding hydrogens is 262 g/mol. The molecule has 20 heavy (non-hydrogen) atoms. The van der Waals surface area contributed by atoms with Gasteiger partial charge in [-0.15, -0.1) is 0 Å². The van der Waals surface area contributed by atoms with Crippen LogP contribution in [-0.2, 0) is 16.1 Å². The van der Waals surface area contributed by atoms with Gasteiger partial charge >= 0.3 is 11.9 Å². The fourth-order valence-electron chi connectivity index (χ4n) is 1.80. The molecule has 0 aliphatic rings. The Balaban J connectivity index is 2.76. The van der Waals surface area contributed by atoms with Gasteiger partial charge < -0.3 is 14.9 Å². The van der Waals surface area contributed by atoms with Gasteiger partial charge in [0.2, 0.25) is 0 Å². The van der Waals surface area contributed by atoms with Gasteiger partial charge in [0.1, 0.15) is 5.75 Å². The number of nitrogens with zero attached hydrogens (tertiary/aromatic N) is 1. The van der Waals surface area contributed by atoms with Crippen LogP contribution in [0.1, 0.15) is 19.4 Å². The van der Waals surface area contributed by atoms with Crippen LogP contribution in [0.4, 0.5) is 0 Å². The summed E-state index contributed by atoms with van der Waals surface area (Å²) in [6, 6.07) is 7.20. The molecule has 0 fully saturated rings. The summed E-state index contributed by atoms with van der Waals surface area (Å²) >= 11 is 0. The fraction of sp³-hybridized carbons (Fsp3) is 0.429. The van der Waals surface area contributed by atoms with Gasteiger partial charge in [0.15, 0.2) is 0 Å². The third-order valence-corrected chi connectivity index (χ3v) is 2.39. The molecule has 0 radical (unpaired) electrons. The van der Waals surface area contributed by atoms with E-state index in [9.17, 15) is 9.59 Å². The molecule has 6 heteroatoms. The highest BCUT2D eigenvalue weighted by atomic mass is 16.5. The van der Waals surface area contributed by atoms with Crippen molar-refractivity contribution in [3.63, 3.8) is 0 Å². The first-order valence-corrected chi connectivity index (χ1v) is 6.28. The van der Waals surface area contributed by atoms with E-state index in [1.807, 2.05) is 26.0 Å². The average Bonchev–Trinajstić information content (AvgIpc) is 2.26. The van der Waals surface area contributed by atoms with Crippen molar-refractivity contribution in [3.8, 4) is 5.75 Å². The van der Waals surface area contributed by atoms with Crippen molar-refractivity contribution in [2.45, 2.75) is 26.5 Å². The monoisotopic (exact) mass is 281 g/mol. The van der Waals surface area contributed by atoms with Gasteiger partial charge in [-0.25, -0.2) is 0 Å². The van der Waals surface area contributed by atoms with Crippen molar-refractivity contribution in [1.82, 2.24) is 4.90 Å². The second kappa shape index (κ2) is 7.49. The van der Waals surface area contributed by atoms with E-state index in [0.29, 0.717) is 5.75 Å². The average molecular weight is 281 g/mol. The standard InChI is InChI=1S/C14H19NO5/c1-10(2)20-12-5-3-4-11(6-12)7-15(8-13(16)17)9-14(18)19/h3-6,10H,7-9H2,1-2H3,(H,16,17)(H,18,19). The molecule has 0 atom stereocenters. The molecule has 0 heterocycles. The molecule has 0 spiro atoms. The van der Waals surface area contributed by atoms with E-state index in [1.54, 1.807) is 12.1 Å². The molecule has 0 bridgehead atoms. The second-order valence-corrected chi connectivity index (χ2v) is 4.75. The van der Waals surface area contributed by atoms with Crippen LogP contribution in [0.3, 0.4) is 0 Å². The molecule has 110 valence electrons. The summed E-state index contributed by atoms with van der Waals surface area (Å²) in [4.78, 5) is 22.8. The summed E-state index contributed by atoms with van der Waals surface area (Å²) in [7, 11) is 0. The van der Waals surface area contributed by atoms with E-state index in [4.69, 9.17) is 14.9 Å². The molecule has 1 aromatic rings. The molecular formula is C14H19NO5. The molecule has 0 amide bonds. The van der Waals surface area contributed by atoms with Crippen LogP contribution in [0.2, 0.25) is 0 Å². The van der Waals surface area contributed by atoms with Gasteiger partial charge in [0, 0.05) is 6.54 Å². The number of aliphatic carboxylic acids is 2. The number of carbonyl (C=O) groups is 2. The maximum atomic E-state index is 10.7. The number of hydrogen-bond donors (Lipinski definition) is 2. The summed E-state index contributed by atoms with van der Waals surface area (Å²) in [5, 5.41) is 17.6. The Morgan fingerprint density at radius 3 is 2.30 bits per heavy atom. The van der Waals surface area contributed by atoms with Gasteiger partial charge in [0.25, 0.3) is 0 Å². The highest BCUT2D eigenvalue weighted by molar-refractivity contribution is 5.72. The highest BCUT2D eigenvalue weighted by Gasteiger charge is 2.14. The SMILES string of the molecule is CC(C)Oc1cccc(CN(CC(=O)O)CC(=O)O)c1. The Morgan fingerprint density at radius 1 is 1.20 bits per heavy atom. The maximum absolute atomic E-state index is 10.7. The Hall–Kier alpha value is -2.08. The van der Waals surface area contributed by atoms with E-state index >= 15 is 0 Å². The largest absolute Gasteiger partial charge is 0.491 e. The van der Waals surface area contributed by atoms with E-state index in [1.165, 1.54) is 4.90 Å². The summed E-state index contributed by atoms with van der Waals surface area (Å²) < 4.78 is 5.55. The van der Waals surface area contributed by atoms with Crippen LogP contribution in [0, 0.1) is 0 Å². The smallest absolute Gasteiger partial charge is 0.317 e. The molecule has 0 aliphatic carbocycles. The first kappa shape index (κ1) is 16.0. The maximum Gasteiger partial charge on any atom is 0.317 e. The zero-order chi connectivity index (χ0) is 15.1. The molecule has 0 aliphatic heterocycles. The lowest BCUT2D eigenvalue weighted by atomic mass is 10.2. The molecule has 2 N–H and O–H groups in total. The van der Waals surface area contributed by atoms with Crippen LogP contribution in [0.5, 0.6) is 5.75 Å². The van der Waals surface area contributed by atoms with Crippen molar-refractivity contribution in [2.24, 2.45) is 0 Å². The zero-order valence-corrected chi connectivity index (χ0v) is 11.6. The lowest BCUT2D eigenvalue weighted by Crippen LogP contribution is -2.33. The van der Waals surface area contributed by atoms with Crippen molar-refractivity contribution in [2.75, 3.05) is 13.1 Å². The predicted octanol–water partition coefficient (Wildman–Crippen LogP) is 1.44. The minimum Gasteiger partial charge on any atom is -0.491 e. The van der Waals surface area contributed by atoms with E-state index in [2.05, 4.69) is 0 Å². The Kier molecular flexibility index (Phi) is 5.99. The quantitative estimate of drug-likeness (QED) is 0.750. The zero-order valence-electron chi connectivity index (χ0n) is 11.6. The van der Waals surface area contributed by atoms with Crippen LogP contribution in [0.25, 0.3) is 0 Å². The third-order valence-electron chi connectivity index (χ3n) is 2.39. The minimum atomic E-state index is -1.05. The molecule has 6 nitrogen and oxygen atoms in total. The first-order chi connectivity index (χ1) is 9.36. The molecule has 0 saturated carbocycles. The number of hydrogen-bond acceptors (Lipinski definition) is 4. The summed E-state index contributed by atoms with van der Waals surface area (Å²) in [6.45, 7) is 3.43. The van der Waals surface area contributed by atoms with Gasteiger partial charge in [0.05, 0.1) is 19.2 Å². The summed E-state index contributed by atoms with van der Waals surface area (Å²) in [5.41, 5.74) is 0.811. The fourth-order valence-corrected chi connectivity index (χ4v) is 1.80. The normalized spacial score (nSPS) is 10.8. The van der Waals surface area contributed by atoms with Gasteiger partial charge in [-0.05, 0) is 31.5 Å². The number of carboxylic acid groups (broad SMARTS) is 2. The Labute approximate surface area is 117 Å². The van der Waals surface area contributed by atoms with Crippen LogP contribution >= 0.6 is 0 Å². The number of ether oxygens (including phenoxy) is 1. The molecule has 1 rings (SSSR count). The summed E-state index contributed by atoms with van der Waals surface area (Å²) in [6.07, 6.45) is 0.0411. The van der Waals surface area contributed by atoms with Crippen LogP contribution in [0.15, 0.2) is 24.3 Å². The third kappa shape index (κ3) is 6.19. The van der Waals surface area contributed by atoms with Gasteiger partial charge in [-0.1, -0.05) is 12.1 Å².